The number of rotatable bonds is 3. The van der Waals surface area contributed by atoms with Gasteiger partial charge in [0.15, 0.2) is 0 Å². The van der Waals surface area contributed by atoms with Crippen LogP contribution in [0.2, 0.25) is 0 Å². The average Bonchev–Trinajstić information content (AvgIpc) is 2.96. The van der Waals surface area contributed by atoms with Crippen molar-refractivity contribution >= 4 is 11.9 Å². The largest absolute Gasteiger partial charge is 0.465 e. The lowest BCUT2D eigenvalue weighted by Crippen LogP contribution is -2.33. The predicted octanol–water partition coefficient (Wildman–Crippen LogP) is 2.78. The number of fused-ring (bicyclic) bond motifs is 1. The average molecular weight is 350 g/mol. The van der Waals surface area contributed by atoms with Crippen LogP contribution in [0.25, 0.3) is 0 Å². The van der Waals surface area contributed by atoms with Gasteiger partial charge in [-0.15, -0.1) is 0 Å². The van der Waals surface area contributed by atoms with Crippen LogP contribution in [0.3, 0.4) is 0 Å². The predicted molar refractivity (Wildman–Crippen MR) is 96.5 cm³/mol. The summed E-state index contributed by atoms with van der Waals surface area (Å²) >= 11 is 0. The zero-order valence-corrected chi connectivity index (χ0v) is 14.9. The van der Waals surface area contributed by atoms with Gasteiger partial charge in [0.25, 0.3) is 0 Å². The van der Waals surface area contributed by atoms with E-state index in [1.54, 1.807) is 6.20 Å². The van der Waals surface area contributed by atoms with Crippen molar-refractivity contribution in [3.8, 4) is 0 Å². The van der Waals surface area contributed by atoms with Crippen molar-refractivity contribution in [2.45, 2.75) is 32.2 Å². The van der Waals surface area contributed by atoms with Gasteiger partial charge in [0.1, 0.15) is 0 Å². The molecule has 5 nitrogen and oxygen atoms in total. The first-order chi connectivity index (χ1) is 12.6. The molecular formula is C21H22N2O3. The van der Waals surface area contributed by atoms with E-state index < -0.39 is 0 Å². The van der Waals surface area contributed by atoms with Crippen LogP contribution in [-0.2, 0) is 28.9 Å². The molecule has 5 heteroatoms. The molecule has 1 fully saturated rings. The lowest BCUT2D eigenvalue weighted by atomic mass is 9.71. The summed E-state index contributed by atoms with van der Waals surface area (Å²) in [7, 11) is 1.40. The van der Waals surface area contributed by atoms with Crippen LogP contribution < -0.4 is 0 Å². The molecule has 0 saturated carbocycles. The summed E-state index contributed by atoms with van der Waals surface area (Å²) in [4.78, 5) is 30.4. The summed E-state index contributed by atoms with van der Waals surface area (Å²) in [6.07, 6.45) is 6.93. The lowest BCUT2D eigenvalue weighted by Gasteiger charge is -2.34. The Bertz CT molecular complexity index is 850. The van der Waals surface area contributed by atoms with Gasteiger partial charge in [-0.2, -0.15) is 0 Å². The molecule has 1 spiro atoms. The Morgan fingerprint density at radius 2 is 2.15 bits per heavy atom. The molecule has 0 N–H and O–H groups in total. The molecule has 1 amide bonds. The first-order valence-corrected chi connectivity index (χ1v) is 8.95. The maximum Gasteiger partial charge on any atom is 0.337 e. The van der Waals surface area contributed by atoms with Crippen LogP contribution in [0.4, 0.5) is 0 Å². The highest BCUT2D eigenvalue weighted by Crippen LogP contribution is 2.43. The molecule has 0 unspecified atom stereocenters. The van der Waals surface area contributed by atoms with E-state index >= 15 is 0 Å². The maximum absolute atomic E-state index is 12.6. The molecular weight excluding hydrogens is 328 g/mol. The van der Waals surface area contributed by atoms with Crippen LogP contribution in [0.5, 0.6) is 0 Å². The van der Waals surface area contributed by atoms with E-state index in [1.807, 2.05) is 41.4 Å². The van der Waals surface area contributed by atoms with E-state index in [9.17, 15) is 9.59 Å². The highest BCUT2D eigenvalue weighted by atomic mass is 16.5. The van der Waals surface area contributed by atoms with Gasteiger partial charge in [0.05, 0.1) is 12.7 Å². The molecule has 2 heterocycles. The molecule has 134 valence electrons. The number of ether oxygens (including phenoxy) is 1. The first kappa shape index (κ1) is 16.8. The van der Waals surface area contributed by atoms with Crippen molar-refractivity contribution in [3.63, 3.8) is 0 Å². The Labute approximate surface area is 153 Å². The fraction of sp³-hybridized carbons (Fsp3) is 0.381. The van der Waals surface area contributed by atoms with Gasteiger partial charge in [-0.25, -0.2) is 4.79 Å². The number of carbonyl (C=O) groups excluding carboxylic acids is 2. The number of aromatic nitrogens is 1. The summed E-state index contributed by atoms with van der Waals surface area (Å²) in [6, 6.07) is 9.71. The summed E-state index contributed by atoms with van der Waals surface area (Å²) in [5.41, 5.74) is 4.13. The Morgan fingerprint density at radius 3 is 2.92 bits per heavy atom. The van der Waals surface area contributed by atoms with Gasteiger partial charge in [-0.05, 0) is 54.2 Å². The molecule has 1 aromatic carbocycles. The van der Waals surface area contributed by atoms with Crippen LogP contribution >= 0.6 is 0 Å². The Kier molecular flexibility index (Phi) is 4.23. The first-order valence-electron chi connectivity index (χ1n) is 8.95. The van der Waals surface area contributed by atoms with Crippen LogP contribution in [-0.4, -0.2) is 35.4 Å². The Morgan fingerprint density at radius 1 is 1.27 bits per heavy atom. The molecule has 1 saturated heterocycles. The van der Waals surface area contributed by atoms with E-state index in [2.05, 4.69) is 4.98 Å². The number of esters is 1. The summed E-state index contributed by atoms with van der Waals surface area (Å²) < 4.78 is 4.81. The number of nitrogens with zero attached hydrogens (tertiary/aromatic N) is 2. The van der Waals surface area contributed by atoms with Crippen molar-refractivity contribution in [1.82, 2.24) is 9.88 Å². The topological polar surface area (TPSA) is 59.5 Å². The van der Waals surface area contributed by atoms with Crippen molar-refractivity contribution in [2.24, 2.45) is 5.41 Å². The van der Waals surface area contributed by atoms with E-state index in [0.29, 0.717) is 18.5 Å². The minimum atomic E-state index is -0.299. The Balaban J connectivity index is 1.51. The standard InChI is InChI=1S/C21H22N2O3/c1-26-20(25)17-4-5-18-10-21(7-6-16(18)9-17)11-19(24)23(14-21)13-15-3-2-8-22-12-15/h2-5,8-9,12H,6-7,10-11,13-14H2,1H3/t21-/m1/s1. The number of methoxy groups -OCH3 is 1. The number of aryl methyl sites for hydroxylation is 1. The van der Waals surface area contributed by atoms with Gasteiger partial charge in [-0.3, -0.25) is 9.78 Å². The third-order valence-corrected chi connectivity index (χ3v) is 5.62. The van der Waals surface area contributed by atoms with Gasteiger partial charge in [0, 0.05) is 37.3 Å². The van der Waals surface area contributed by atoms with Crippen LogP contribution in [0, 0.1) is 5.41 Å². The van der Waals surface area contributed by atoms with E-state index in [0.717, 1.165) is 31.4 Å². The van der Waals surface area contributed by atoms with Crippen LogP contribution in [0.1, 0.15) is 39.9 Å². The van der Waals surface area contributed by atoms with Crippen molar-refractivity contribution in [2.75, 3.05) is 13.7 Å². The summed E-state index contributed by atoms with van der Waals surface area (Å²) in [5, 5.41) is 0. The van der Waals surface area contributed by atoms with E-state index in [-0.39, 0.29) is 17.3 Å². The van der Waals surface area contributed by atoms with Gasteiger partial charge >= 0.3 is 5.97 Å². The molecule has 1 atom stereocenters. The molecule has 4 rings (SSSR count). The number of likely N-dealkylation sites (tertiary alicyclic amines) is 1. The smallest absolute Gasteiger partial charge is 0.337 e. The number of amides is 1. The summed E-state index contributed by atoms with van der Waals surface area (Å²) in [6.45, 7) is 1.42. The number of carbonyl (C=O) groups is 2. The molecule has 0 bridgehead atoms. The molecule has 26 heavy (non-hydrogen) atoms. The minimum absolute atomic E-state index is 0.0130. The molecule has 2 aromatic rings. The number of hydrogen-bond acceptors (Lipinski definition) is 4. The second kappa shape index (κ2) is 6.56. The minimum Gasteiger partial charge on any atom is -0.465 e. The lowest BCUT2D eigenvalue weighted by molar-refractivity contribution is -0.128. The fourth-order valence-electron chi connectivity index (χ4n) is 4.29. The zero-order valence-electron chi connectivity index (χ0n) is 14.9. The maximum atomic E-state index is 12.6. The van der Waals surface area contributed by atoms with E-state index in [1.165, 1.54) is 18.2 Å². The zero-order chi connectivity index (χ0) is 18.1. The van der Waals surface area contributed by atoms with Crippen molar-refractivity contribution in [3.05, 3.63) is 65.0 Å². The van der Waals surface area contributed by atoms with Gasteiger partial charge < -0.3 is 9.64 Å². The number of pyridine rings is 1. The second-order valence-corrected chi connectivity index (χ2v) is 7.44. The molecule has 1 aromatic heterocycles. The number of benzene rings is 1. The molecule has 0 radical (unpaired) electrons. The van der Waals surface area contributed by atoms with E-state index in [4.69, 9.17) is 4.74 Å². The van der Waals surface area contributed by atoms with Crippen molar-refractivity contribution in [1.29, 1.82) is 0 Å². The van der Waals surface area contributed by atoms with Crippen LogP contribution in [0.15, 0.2) is 42.7 Å². The number of hydrogen-bond donors (Lipinski definition) is 0. The SMILES string of the molecule is COC(=O)c1ccc2c(c1)CC[C@]1(CC(=O)N(Cc3cccnc3)C1)C2. The monoisotopic (exact) mass is 350 g/mol. The van der Waals surface area contributed by atoms with Crippen molar-refractivity contribution < 1.29 is 14.3 Å². The molecule has 1 aliphatic heterocycles. The molecule has 1 aliphatic carbocycles. The fourth-order valence-corrected chi connectivity index (χ4v) is 4.29. The third kappa shape index (κ3) is 3.09. The second-order valence-electron chi connectivity index (χ2n) is 7.44. The normalized spacial score (nSPS) is 21.7. The summed E-state index contributed by atoms with van der Waals surface area (Å²) in [5.74, 6) is -0.0738. The van der Waals surface area contributed by atoms with Gasteiger partial charge in [0.2, 0.25) is 5.91 Å². The Hall–Kier alpha value is -2.69. The van der Waals surface area contributed by atoms with Gasteiger partial charge in [-0.1, -0.05) is 12.1 Å². The highest BCUT2D eigenvalue weighted by molar-refractivity contribution is 5.89. The third-order valence-electron chi connectivity index (χ3n) is 5.62. The molecule has 2 aliphatic rings. The quantitative estimate of drug-likeness (QED) is 0.799. The highest BCUT2D eigenvalue weighted by Gasteiger charge is 2.44.